The van der Waals surface area contributed by atoms with E-state index in [-0.39, 0.29) is 0 Å². The van der Waals surface area contributed by atoms with E-state index in [0.717, 1.165) is 11.8 Å². The summed E-state index contributed by atoms with van der Waals surface area (Å²) in [4.78, 5) is 4.55. The normalized spacial score (nSPS) is 13.5. The Morgan fingerprint density at radius 2 is 1.30 bits per heavy atom. The van der Waals surface area contributed by atoms with Crippen molar-refractivity contribution in [3.05, 3.63) is 0 Å². The molecule has 1 heterocycles. The Balaban J connectivity index is -0.0000000943. The van der Waals surface area contributed by atoms with Crippen molar-refractivity contribution >= 4 is 0 Å². The Bertz CT molecular complexity index is 113. The van der Waals surface area contributed by atoms with Gasteiger partial charge in [0.25, 0.3) is 0 Å². The Hall–Kier alpha value is -0.0800. The summed E-state index contributed by atoms with van der Waals surface area (Å²) < 4.78 is 0. The molecule has 0 amide bonds. The molecule has 1 fully saturated rings. The number of nitrogens with zero attached hydrogens (tertiary/aromatic N) is 2. The highest BCUT2D eigenvalue weighted by Gasteiger charge is 2.16. The molecule has 20 heavy (non-hydrogen) atoms. The third-order valence-corrected chi connectivity index (χ3v) is 2.40. The van der Waals surface area contributed by atoms with Crippen molar-refractivity contribution in [3.63, 3.8) is 0 Å². The molecule has 0 atom stereocenters. The topological polar surface area (TPSA) is 6.48 Å². The van der Waals surface area contributed by atoms with Crippen LogP contribution in [0.3, 0.4) is 0 Å². The van der Waals surface area contributed by atoms with Crippen molar-refractivity contribution in [2.45, 2.75) is 68.7 Å². The minimum atomic E-state index is 0.845. The Labute approximate surface area is 131 Å². The molecule has 2 heteroatoms. The highest BCUT2D eigenvalue weighted by Crippen LogP contribution is 2.09. The van der Waals surface area contributed by atoms with Crippen LogP contribution >= 0.6 is 0 Å². The quantitative estimate of drug-likeness (QED) is 0.701. The summed E-state index contributed by atoms with van der Waals surface area (Å²) in [5.41, 5.74) is 0. The van der Waals surface area contributed by atoms with Gasteiger partial charge in [-0.15, -0.1) is 0 Å². The van der Waals surface area contributed by atoms with E-state index in [1.807, 2.05) is 41.5 Å². The van der Waals surface area contributed by atoms with Crippen molar-refractivity contribution in [2.75, 3.05) is 40.8 Å². The number of hydrogen-bond acceptors (Lipinski definition) is 2. The molecule has 2 nitrogen and oxygen atoms in total. The maximum absolute atomic E-state index is 2.32. The molecule has 0 aliphatic carbocycles. The Morgan fingerprint density at radius 3 is 1.35 bits per heavy atom. The lowest BCUT2D eigenvalue weighted by Gasteiger charge is -2.33. The molecule has 0 saturated carbocycles. The summed E-state index contributed by atoms with van der Waals surface area (Å²) in [5, 5.41) is 0. The molecule has 1 saturated heterocycles. The van der Waals surface area contributed by atoms with Gasteiger partial charge in [0.15, 0.2) is 0 Å². The molecule has 0 spiro atoms. The maximum atomic E-state index is 2.32. The number of likely N-dealkylation sites (tertiary alicyclic amines) is 1. The van der Waals surface area contributed by atoms with E-state index in [0.29, 0.717) is 0 Å². The van der Waals surface area contributed by atoms with Crippen LogP contribution in [0.4, 0.5) is 0 Å². The van der Waals surface area contributed by atoms with Gasteiger partial charge in [-0.1, -0.05) is 62.3 Å². The first-order valence-electron chi connectivity index (χ1n) is 8.75. The highest BCUT2D eigenvalue weighted by atomic mass is 15.2. The standard InChI is InChI=1S/C7H17N.C5H11N.3C2H6/c1-7(2)5-6-8(3)4;1-5-3-6(2)4-5;3*1-2/h7H,5-6H2,1-4H3;5H,3-4H2,1-2H3;3*1-2H3. The molecule has 1 rings (SSSR count). The van der Waals surface area contributed by atoms with Gasteiger partial charge >= 0.3 is 0 Å². The first-order chi connectivity index (χ1) is 9.41. The molecule has 128 valence electrons. The second kappa shape index (κ2) is 24.0. The van der Waals surface area contributed by atoms with E-state index in [9.17, 15) is 0 Å². The molecular weight excluding hydrogens is 244 g/mol. The number of rotatable bonds is 3. The summed E-state index contributed by atoms with van der Waals surface area (Å²) in [6.07, 6.45) is 1.31. The van der Waals surface area contributed by atoms with Gasteiger partial charge in [-0.25, -0.2) is 0 Å². The van der Waals surface area contributed by atoms with Gasteiger partial charge in [0.2, 0.25) is 0 Å². The first-order valence-corrected chi connectivity index (χ1v) is 8.75. The predicted octanol–water partition coefficient (Wildman–Crippen LogP) is 5.24. The van der Waals surface area contributed by atoms with E-state index in [1.165, 1.54) is 26.1 Å². The third-order valence-electron chi connectivity index (χ3n) is 2.40. The predicted molar refractivity (Wildman–Crippen MR) is 98.7 cm³/mol. The summed E-state index contributed by atoms with van der Waals surface area (Å²) in [5.74, 6) is 1.81. The second-order valence-corrected chi connectivity index (χ2v) is 5.31. The SMILES string of the molecule is CC.CC.CC.CC(C)CCN(C)C.CC1CN(C)C1. The minimum absolute atomic E-state index is 0.845. The highest BCUT2D eigenvalue weighted by molar-refractivity contribution is 4.71. The van der Waals surface area contributed by atoms with Gasteiger partial charge in [0, 0.05) is 13.1 Å². The molecule has 0 aromatic heterocycles. The molecule has 0 aromatic carbocycles. The monoisotopic (exact) mass is 290 g/mol. The average Bonchev–Trinajstić information content (AvgIpc) is 2.43. The van der Waals surface area contributed by atoms with Crippen molar-refractivity contribution in [3.8, 4) is 0 Å². The maximum Gasteiger partial charge on any atom is 0.00163 e. The molecule has 1 aliphatic rings. The first kappa shape index (κ1) is 28.1. The van der Waals surface area contributed by atoms with Crippen LogP contribution in [0.2, 0.25) is 0 Å². The fourth-order valence-electron chi connectivity index (χ4n) is 1.53. The summed E-state index contributed by atoms with van der Waals surface area (Å²) in [6.45, 7) is 22.6. The lowest BCUT2D eigenvalue weighted by Crippen LogP contribution is -2.41. The van der Waals surface area contributed by atoms with Crippen molar-refractivity contribution in [1.29, 1.82) is 0 Å². The summed E-state index contributed by atoms with van der Waals surface area (Å²) >= 11 is 0. The molecule has 0 N–H and O–H groups in total. The van der Waals surface area contributed by atoms with Gasteiger partial charge in [-0.3, -0.25) is 0 Å². The van der Waals surface area contributed by atoms with Crippen LogP contribution in [0.15, 0.2) is 0 Å². The molecular formula is C18H46N2. The minimum Gasteiger partial charge on any atom is -0.309 e. The number of hydrogen-bond donors (Lipinski definition) is 0. The Morgan fingerprint density at radius 1 is 0.950 bits per heavy atom. The average molecular weight is 291 g/mol. The zero-order valence-electron chi connectivity index (χ0n) is 16.9. The Kier molecular flexibility index (Phi) is 33.7. The van der Waals surface area contributed by atoms with Gasteiger partial charge in [0.1, 0.15) is 0 Å². The van der Waals surface area contributed by atoms with Gasteiger partial charge in [-0.2, -0.15) is 0 Å². The summed E-state index contributed by atoms with van der Waals surface area (Å²) in [7, 11) is 6.38. The molecule has 0 bridgehead atoms. The van der Waals surface area contributed by atoms with E-state index in [1.54, 1.807) is 0 Å². The van der Waals surface area contributed by atoms with E-state index >= 15 is 0 Å². The van der Waals surface area contributed by atoms with Crippen molar-refractivity contribution in [1.82, 2.24) is 9.80 Å². The smallest absolute Gasteiger partial charge is 0.00163 e. The van der Waals surface area contributed by atoms with Crippen LogP contribution in [0.25, 0.3) is 0 Å². The fraction of sp³-hybridized carbons (Fsp3) is 1.00. The van der Waals surface area contributed by atoms with Crippen LogP contribution in [-0.2, 0) is 0 Å². The fourth-order valence-corrected chi connectivity index (χ4v) is 1.53. The zero-order chi connectivity index (χ0) is 17.1. The van der Waals surface area contributed by atoms with Crippen LogP contribution in [0.5, 0.6) is 0 Å². The lowest BCUT2D eigenvalue weighted by atomic mass is 10.1. The zero-order valence-corrected chi connectivity index (χ0v) is 16.9. The van der Waals surface area contributed by atoms with Crippen LogP contribution in [0, 0.1) is 11.8 Å². The second-order valence-electron chi connectivity index (χ2n) is 5.31. The largest absolute Gasteiger partial charge is 0.309 e. The van der Waals surface area contributed by atoms with Crippen LogP contribution in [-0.4, -0.2) is 50.6 Å². The summed E-state index contributed by atoms with van der Waals surface area (Å²) in [6, 6.07) is 0. The van der Waals surface area contributed by atoms with Crippen LogP contribution < -0.4 is 0 Å². The third kappa shape index (κ3) is 30.7. The molecule has 0 unspecified atom stereocenters. The van der Waals surface area contributed by atoms with E-state index in [2.05, 4.69) is 51.7 Å². The van der Waals surface area contributed by atoms with Gasteiger partial charge in [0.05, 0.1) is 0 Å². The van der Waals surface area contributed by atoms with Crippen LogP contribution in [0.1, 0.15) is 68.7 Å². The van der Waals surface area contributed by atoms with Crippen molar-refractivity contribution in [2.24, 2.45) is 11.8 Å². The molecule has 0 aromatic rings. The molecule has 0 radical (unpaired) electrons. The lowest BCUT2D eigenvalue weighted by molar-refractivity contribution is 0.149. The van der Waals surface area contributed by atoms with Gasteiger partial charge in [-0.05, 0) is 45.9 Å². The van der Waals surface area contributed by atoms with Crippen molar-refractivity contribution < 1.29 is 0 Å². The van der Waals surface area contributed by atoms with E-state index in [4.69, 9.17) is 0 Å². The molecule has 1 aliphatic heterocycles. The van der Waals surface area contributed by atoms with Gasteiger partial charge < -0.3 is 9.80 Å². The van der Waals surface area contributed by atoms with E-state index < -0.39 is 0 Å².